The summed E-state index contributed by atoms with van der Waals surface area (Å²) in [5.74, 6) is 0.128. The van der Waals surface area contributed by atoms with Crippen LogP contribution in [-0.2, 0) is 6.54 Å². The first-order chi connectivity index (χ1) is 12.8. The number of hydrogen-bond donors (Lipinski definition) is 3. The second-order valence-corrected chi connectivity index (χ2v) is 6.86. The van der Waals surface area contributed by atoms with Gasteiger partial charge in [-0.3, -0.25) is 14.3 Å². The van der Waals surface area contributed by atoms with Crippen molar-refractivity contribution in [2.24, 2.45) is 0 Å². The van der Waals surface area contributed by atoms with Gasteiger partial charge in [-0.15, -0.1) is 0 Å². The Hall–Kier alpha value is -2.61. The number of benzene rings is 1. The van der Waals surface area contributed by atoms with E-state index in [9.17, 15) is 9.59 Å². The average Bonchev–Trinajstić information content (AvgIpc) is 2.61. The van der Waals surface area contributed by atoms with Crippen molar-refractivity contribution in [3.05, 3.63) is 50.2 Å². The number of nitrogens with two attached hydrogens (primary N) is 1. The summed E-state index contributed by atoms with van der Waals surface area (Å²) in [6, 6.07) is 5.92. The smallest absolute Gasteiger partial charge is 0.330 e. The fourth-order valence-electron chi connectivity index (χ4n) is 2.79. The van der Waals surface area contributed by atoms with Gasteiger partial charge >= 0.3 is 5.69 Å². The van der Waals surface area contributed by atoms with E-state index in [4.69, 9.17) is 18.0 Å². The topological polar surface area (TPSA) is 96.2 Å². The lowest BCUT2D eigenvalue weighted by atomic mass is 10.1. The molecule has 0 aliphatic carbocycles. The highest BCUT2D eigenvalue weighted by Crippen LogP contribution is 2.20. The van der Waals surface area contributed by atoms with Gasteiger partial charge in [0.1, 0.15) is 5.82 Å². The third kappa shape index (κ3) is 4.57. The van der Waals surface area contributed by atoms with E-state index in [1.54, 1.807) is 4.90 Å². The molecule has 146 valence electrons. The van der Waals surface area contributed by atoms with Crippen LogP contribution in [0.3, 0.4) is 0 Å². The fourth-order valence-corrected chi connectivity index (χ4v) is 3.13. The highest BCUT2D eigenvalue weighted by atomic mass is 32.1. The maximum Gasteiger partial charge on any atom is 0.330 e. The summed E-state index contributed by atoms with van der Waals surface area (Å²) in [6.45, 7) is 8.82. The number of thiocarbonyl (C=S) groups is 1. The molecule has 4 N–H and O–H groups in total. The lowest BCUT2D eigenvalue weighted by Crippen LogP contribution is -2.42. The molecule has 1 aromatic heterocycles. The van der Waals surface area contributed by atoms with Crippen molar-refractivity contribution < 1.29 is 0 Å². The van der Waals surface area contributed by atoms with Gasteiger partial charge in [-0.05, 0) is 62.7 Å². The molecule has 0 fully saturated rings. The summed E-state index contributed by atoms with van der Waals surface area (Å²) in [5.41, 5.74) is 8.48. The van der Waals surface area contributed by atoms with Gasteiger partial charge in [0, 0.05) is 18.8 Å². The zero-order chi connectivity index (χ0) is 20.1. The second kappa shape index (κ2) is 8.85. The van der Waals surface area contributed by atoms with E-state index in [-0.39, 0.29) is 11.5 Å². The number of H-pyrrole nitrogens is 1. The van der Waals surface area contributed by atoms with E-state index in [1.165, 1.54) is 10.1 Å². The van der Waals surface area contributed by atoms with E-state index >= 15 is 0 Å². The molecule has 0 atom stereocenters. The Bertz CT molecular complexity index is 948. The van der Waals surface area contributed by atoms with Crippen molar-refractivity contribution in [3.63, 3.8) is 0 Å². The Balaban J connectivity index is 2.41. The lowest BCUT2D eigenvalue weighted by Gasteiger charge is -2.26. The van der Waals surface area contributed by atoms with Crippen molar-refractivity contribution in [1.82, 2.24) is 9.55 Å². The molecule has 1 heterocycles. The van der Waals surface area contributed by atoms with E-state index in [2.05, 4.69) is 10.3 Å². The number of anilines is 3. The van der Waals surface area contributed by atoms with Gasteiger partial charge in [-0.1, -0.05) is 19.4 Å². The van der Waals surface area contributed by atoms with Crippen LogP contribution < -0.4 is 27.2 Å². The molecule has 0 aliphatic heterocycles. The van der Waals surface area contributed by atoms with Crippen molar-refractivity contribution in [2.45, 2.75) is 47.1 Å². The summed E-state index contributed by atoms with van der Waals surface area (Å²) in [4.78, 5) is 28.5. The second-order valence-electron chi connectivity index (χ2n) is 6.47. The van der Waals surface area contributed by atoms with E-state index < -0.39 is 11.2 Å². The first-order valence-corrected chi connectivity index (χ1v) is 9.49. The van der Waals surface area contributed by atoms with Crippen LogP contribution >= 0.6 is 12.2 Å². The highest BCUT2D eigenvalue weighted by molar-refractivity contribution is 7.80. The average molecular weight is 390 g/mol. The quantitative estimate of drug-likeness (QED) is 0.658. The largest absolute Gasteiger partial charge is 0.383 e. The predicted octanol–water partition coefficient (Wildman–Crippen LogP) is 2.76. The Kier molecular flexibility index (Phi) is 6.79. The number of nitrogens with one attached hydrogen (secondary N) is 2. The Morgan fingerprint density at radius 1 is 1.26 bits per heavy atom. The summed E-state index contributed by atoms with van der Waals surface area (Å²) in [7, 11) is 0. The lowest BCUT2D eigenvalue weighted by molar-refractivity contribution is 0.604. The van der Waals surface area contributed by atoms with Crippen LogP contribution in [0.5, 0.6) is 0 Å². The molecule has 8 heteroatoms. The Labute approximate surface area is 164 Å². The Morgan fingerprint density at radius 2 is 1.96 bits per heavy atom. The molecule has 7 nitrogen and oxygen atoms in total. The van der Waals surface area contributed by atoms with Gasteiger partial charge in [0.25, 0.3) is 5.56 Å². The molecule has 0 aliphatic rings. The van der Waals surface area contributed by atoms with Crippen LogP contribution in [0.2, 0.25) is 0 Å². The summed E-state index contributed by atoms with van der Waals surface area (Å²) in [5, 5.41) is 3.50. The molecule has 0 radical (unpaired) electrons. The summed E-state index contributed by atoms with van der Waals surface area (Å²) in [6.07, 6.45) is 1.69. The fraction of sp³-hybridized carbons (Fsp3) is 0.421. The molecular weight excluding hydrogens is 362 g/mol. The van der Waals surface area contributed by atoms with Crippen LogP contribution in [0.4, 0.5) is 17.2 Å². The van der Waals surface area contributed by atoms with Crippen LogP contribution in [0.15, 0.2) is 27.8 Å². The van der Waals surface area contributed by atoms with E-state index in [0.717, 1.165) is 24.1 Å². The van der Waals surface area contributed by atoms with Gasteiger partial charge in [-0.2, -0.15) is 0 Å². The van der Waals surface area contributed by atoms with Crippen LogP contribution in [0.1, 0.15) is 37.8 Å². The van der Waals surface area contributed by atoms with E-state index in [1.807, 2.05) is 45.9 Å². The van der Waals surface area contributed by atoms with E-state index in [0.29, 0.717) is 18.2 Å². The first kappa shape index (κ1) is 20.7. The minimum Gasteiger partial charge on any atom is -0.383 e. The summed E-state index contributed by atoms with van der Waals surface area (Å²) < 4.78 is 1.39. The summed E-state index contributed by atoms with van der Waals surface area (Å²) >= 11 is 5.52. The normalized spacial score (nSPS) is 10.7. The monoisotopic (exact) mass is 389 g/mol. The maximum absolute atomic E-state index is 12.5. The zero-order valence-electron chi connectivity index (χ0n) is 16.3. The molecule has 0 bridgehead atoms. The minimum atomic E-state index is -0.545. The molecule has 0 spiro atoms. The molecule has 0 amide bonds. The van der Waals surface area contributed by atoms with Gasteiger partial charge in [0.05, 0.1) is 0 Å². The molecule has 0 saturated carbocycles. The number of nitrogens with zero attached hydrogens (tertiary/aromatic N) is 2. The van der Waals surface area contributed by atoms with Crippen LogP contribution in [-0.4, -0.2) is 21.2 Å². The number of rotatable bonds is 6. The number of nitrogen functional groups attached to an aromatic ring is 1. The predicted molar refractivity (Wildman–Crippen MR) is 116 cm³/mol. The maximum atomic E-state index is 12.5. The van der Waals surface area contributed by atoms with Gasteiger partial charge in [0.2, 0.25) is 0 Å². The van der Waals surface area contributed by atoms with Gasteiger partial charge < -0.3 is 16.0 Å². The number of aryl methyl sites for hydroxylation is 2. The van der Waals surface area contributed by atoms with Crippen LogP contribution in [0, 0.1) is 13.8 Å². The van der Waals surface area contributed by atoms with Crippen molar-refractivity contribution in [3.8, 4) is 0 Å². The van der Waals surface area contributed by atoms with Crippen LogP contribution in [0.25, 0.3) is 0 Å². The van der Waals surface area contributed by atoms with Gasteiger partial charge in [0.15, 0.2) is 10.8 Å². The standard InChI is InChI=1S/C19H27N5O2S/c1-5-7-10-24-16(20)15(17(25)22-18(24)26)23(6-2)19(27)21-14-9-8-12(3)13(4)11-14/h8-9,11H,5-7,10,20H2,1-4H3,(H,21,27)(H,22,25,26). The zero-order valence-corrected chi connectivity index (χ0v) is 17.1. The van der Waals surface area contributed by atoms with Crippen molar-refractivity contribution in [1.29, 1.82) is 0 Å². The number of aromatic nitrogens is 2. The molecule has 27 heavy (non-hydrogen) atoms. The van der Waals surface area contributed by atoms with Crippen molar-refractivity contribution in [2.75, 3.05) is 22.5 Å². The molecular formula is C19H27N5O2S. The van der Waals surface area contributed by atoms with Gasteiger partial charge in [-0.25, -0.2) is 4.79 Å². The minimum absolute atomic E-state index is 0.128. The molecule has 2 rings (SSSR count). The third-order valence-corrected chi connectivity index (χ3v) is 4.86. The first-order valence-electron chi connectivity index (χ1n) is 9.08. The molecule has 1 aromatic carbocycles. The highest BCUT2D eigenvalue weighted by Gasteiger charge is 2.21. The van der Waals surface area contributed by atoms with Crippen molar-refractivity contribution >= 4 is 34.5 Å². The molecule has 2 aromatic rings. The Morgan fingerprint density at radius 3 is 2.56 bits per heavy atom. The SMILES string of the molecule is CCCCn1c(N)c(N(CC)C(=S)Nc2ccc(C)c(C)c2)c(=O)[nH]c1=O. The molecule has 0 saturated heterocycles. The third-order valence-electron chi connectivity index (χ3n) is 4.54. The number of aromatic amines is 1. The molecule has 0 unspecified atom stereocenters. The number of hydrogen-bond acceptors (Lipinski definition) is 4. The number of unbranched alkanes of at least 4 members (excludes halogenated alkanes) is 1.